The fraction of sp³-hybridized carbons (Fsp3) is 0.533. The Morgan fingerprint density at radius 3 is 2.55 bits per heavy atom. The van der Waals surface area contributed by atoms with Gasteiger partial charge < -0.3 is 14.6 Å². The van der Waals surface area contributed by atoms with E-state index < -0.39 is 11.4 Å². The molecule has 2 aliphatic rings. The molecule has 4 nitrogen and oxygen atoms in total. The van der Waals surface area contributed by atoms with Gasteiger partial charge in [-0.2, -0.15) is 11.8 Å². The maximum atomic E-state index is 11.5. The van der Waals surface area contributed by atoms with E-state index in [0.717, 1.165) is 23.5 Å². The lowest BCUT2D eigenvalue weighted by Gasteiger charge is -2.38. The summed E-state index contributed by atoms with van der Waals surface area (Å²) in [5.41, 5.74) is 0.0985. The van der Waals surface area contributed by atoms with E-state index in [1.54, 1.807) is 7.11 Å². The first-order valence-electron chi connectivity index (χ1n) is 6.82. The lowest BCUT2D eigenvalue weighted by molar-refractivity contribution is -0.147. The van der Waals surface area contributed by atoms with Crippen molar-refractivity contribution in [2.75, 3.05) is 18.6 Å². The number of carboxylic acid groups (broad SMARTS) is 1. The van der Waals surface area contributed by atoms with E-state index in [9.17, 15) is 9.90 Å². The largest absolute Gasteiger partial charge is 0.493 e. The summed E-state index contributed by atoms with van der Waals surface area (Å²) in [6, 6.07) is 5.55. The van der Waals surface area contributed by atoms with Crippen LogP contribution in [-0.2, 0) is 10.2 Å². The lowest BCUT2D eigenvalue weighted by atomic mass is 9.64. The Morgan fingerprint density at radius 2 is 2.10 bits per heavy atom. The summed E-state index contributed by atoms with van der Waals surface area (Å²) < 4.78 is 11.2. The Bertz CT molecular complexity index is 521. The van der Waals surface area contributed by atoms with Crippen LogP contribution < -0.4 is 9.47 Å². The third-order valence-electron chi connectivity index (χ3n) is 4.23. The summed E-state index contributed by atoms with van der Waals surface area (Å²) in [6.07, 6.45) is 2.61. The fourth-order valence-electron chi connectivity index (χ4n) is 2.68. The molecule has 108 valence electrons. The molecule has 0 spiro atoms. The monoisotopic (exact) mass is 294 g/mol. The third-order valence-corrected chi connectivity index (χ3v) is 5.45. The summed E-state index contributed by atoms with van der Waals surface area (Å²) in [5, 5.41) is 9.49. The average Bonchev–Trinajstić information content (AvgIpc) is 2.32. The summed E-state index contributed by atoms with van der Waals surface area (Å²) in [4.78, 5) is 11.5. The smallest absolute Gasteiger partial charge is 0.314 e. The van der Waals surface area contributed by atoms with E-state index >= 15 is 0 Å². The van der Waals surface area contributed by atoms with Crippen LogP contribution in [-0.4, -0.2) is 35.8 Å². The zero-order chi connectivity index (χ0) is 14.2. The maximum Gasteiger partial charge on any atom is 0.314 e. The molecule has 3 rings (SSSR count). The molecule has 0 atom stereocenters. The third kappa shape index (κ3) is 2.14. The van der Waals surface area contributed by atoms with Gasteiger partial charge in [-0.3, -0.25) is 4.79 Å². The number of hydrogen-bond donors (Lipinski definition) is 1. The Labute approximate surface area is 122 Å². The molecule has 1 aliphatic heterocycles. The first-order valence-corrected chi connectivity index (χ1v) is 7.97. The van der Waals surface area contributed by atoms with Gasteiger partial charge in [-0.1, -0.05) is 12.5 Å². The van der Waals surface area contributed by atoms with E-state index in [0.29, 0.717) is 24.3 Å². The molecule has 1 aromatic carbocycles. The SMILES string of the molecule is COc1cc(C2(C(=O)O)CCC2)ccc1OC1CSC1. The molecule has 5 heteroatoms. The molecule has 20 heavy (non-hydrogen) atoms. The molecule has 1 saturated carbocycles. The van der Waals surface area contributed by atoms with E-state index in [1.165, 1.54) is 0 Å². The second-order valence-corrected chi connectivity index (χ2v) is 6.46. The molecule has 1 aliphatic carbocycles. The predicted octanol–water partition coefficient (Wildman–Crippen LogP) is 2.70. The Kier molecular flexibility index (Phi) is 3.54. The van der Waals surface area contributed by atoms with Crippen molar-refractivity contribution in [1.82, 2.24) is 0 Å². The van der Waals surface area contributed by atoms with Gasteiger partial charge in [-0.15, -0.1) is 0 Å². The van der Waals surface area contributed by atoms with Crippen LogP contribution in [0.1, 0.15) is 24.8 Å². The van der Waals surface area contributed by atoms with Gasteiger partial charge in [0, 0.05) is 11.5 Å². The van der Waals surface area contributed by atoms with Gasteiger partial charge in [0.15, 0.2) is 11.5 Å². The van der Waals surface area contributed by atoms with E-state index in [1.807, 2.05) is 30.0 Å². The van der Waals surface area contributed by atoms with Crippen molar-refractivity contribution < 1.29 is 19.4 Å². The van der Waals surface area contributed by atoms with Crippen molar-refractivity contribution in [1.29, 1.82) is 0 Å². The summed E-state index contributed by atoms with van der Waals surface area (Å²) in [5.74, 6) is 2.61. The topological polar surface area (TPSA) is 55.8 Å². The Morgan fingerprint density at radius 1 is 1.35 bits per heavy atom. The summed E-state index contributed by atoms with van der Waals surface area (Å²) in [6.45, 7) is 0. The standard InChI is InChI=1S/C15H18O4S/c1-18-13-7-10(15(14(16)17)5-2-6-15)3-4-12(13)19-11-8-20-9-11/h3-4,7,11H,2,5-6,8-9H2,1H3,(H,16,17). The number of benzene rings is 1. The number of methoxy groups -OCH3 is 1. The zero-order valence-electron chi connectivity index (χ0n) is 11.4. The molecule has 0 radical (unpaired) electrons. The number of carbonyl (C=O) groups is 1. The molecule has 2 fully saturated rings. The van der Waals surface area contributed by atoms with Crippen LogP contribution >= 0.6 is 11.8 Å². The van der Waals surface area contributed by atoms with E-state index in [2.05, 4.69) is 0 Å². The fourth-order valence-corrected chi connectivity index (χ4v) is 3.24. The quantitative estimate of drug-likeness (QED) is 0.905. The van der Waals surface area contributed by atoms with Crippen molar-refractivity contribution in [3.8, 4) is 11.5 Å². The van der Waals surface area contributed by atoms with Gasteiger partial charge in [-0.05, 0) is 30.5 Å². The van der Waals surface area contributed by atoms with Gasteiger partial charge in [0.25, 0.3) is 0 Å². The Balaban J connectivity index is 1.88. The molecule has 0 amide bonds. The van der Waals surface area contributed by atoms with Gasteiger partial charge in [0.05, 0.1) is 12.5 Å². The van der Waals surface area contributed by atoms with Crippen LogP contribution in [0, 0.1) is 0 Å². The average molecular weight is 294 g/mol. The maximum absolute atomic E-state index is 11.5. The molecule has 1 heterocycles. The van der Waals surface area contributed by atoms with Crippen LogP contribution in [0.3, 0.4) is 0 Å². The highest BCUT2D eigenvalue weighted by Crippen LogP contribution is 2.46. The molecule has 0 bridgehead atoms. The summed E-state index contributed by atoms with van der Waals surface area (Å²) >= 11 is 1.86. The predicted molar refractivity (Wildman–Crippen MR) is 77.9 cm³/mol. The number of rotatable bonds is 5. The normalized spacial score (nSPS) is 20.6. The molecule has 0 unspecified atom stereocenters. The number of thioether (sulfide) groups is 1. The first-order chi connectivity index (χ1) is 9.65. The second-order valence-electron chi connectivity index (χ2n) is 5.38. The molecule has 1 N–H and O–H groups in total. The van der Waals surface area contributed by atoms with Gasteiger partial charge in [0.2, 0.25) is 0 Å². The van der Waals surface area contributed by atoms with Crippen molar-refractivity contribution in [2.45, 2.75) is 30.8 Å². The van der Waals surface area contributed by atoms with Crippen molar-refractivity contribution in [3.63, 3.8) is 0 Å². The molecule has 0 aromatic heterocycles. The van der Waals surface area contributed by atoms with E-state index in [-0.39, 0.29) is 6.10 Å². The summed E-state index contributed by atoms with van der Waals surface area (Å²) in [7, 11) is 1.59. The number of carboxylic acids is 1. The molecule has 1 saturated heterocycles. The Hall–Kier alpha value is -1.36. The van der Waals surface area contributed by atoms with Gasteiger partial charge in [0.1, 0.15) is 6.10 Å². The minimum atomic E-state index is -0.741. The minimum Gasteiger partial charge on any atom is -0.493 e. The number of ether oxygens (including phenoxy) is 2. The van der Waals surface area contributed by atoms with Crippen molar-refractivity contribution in [3.05, 3.63) is 23.8 Å². The highest BCUT2D eigenvalue weighted by molar-refractivity contribution is 8.00. The van der Waals surface area contributed by atoms with Crippen LogP contribution in [0.25, 0.3) is 0 Å². The lowest BCUT2D eigenvalue weighted by Crippen LogP contribution is -2.42. The van der Waals surface area contributed by atoms with E-state index in [4.69, 9.17) is 9.47 Å². The van der Waals surface area contributed by atoms with Crippen LogP contribution in [0.15, 0.2) is 18.2 Å². The van der Waals surface area contributed by atoms with Crippen LogP contribution in [0.4, 0.5) is 0 Å². The first kappa shape index (κ1) is 13.6. The minimum absolute atomic E-state index is 0.247. The van der Waals surface area contributed by atoms with Crippen molar-refractivity contribution in [2.24, 2.45) is 0 Å². The highest BCUT2D eigenvalue weighted by atomic mass is 32.2. The molecular weight excluding hydrogens is 276 g/mol. The zero-order valence-corrected chi connectivity index (χ0v) is 12.2. The number of hydrogen-bond acceptors (Lipinski definition) is 4. The van der Waals surface area contributed by atoms with Gasteiger partial charge >= 0.3 is 5.97 Å². The number of aliphatic carboxylic acids is 1. The highest BCUT2D eigenvalue weighted by Gasteiger charge is 2.46. The molecule has 1 aromatic rings. The van der Waals surface area contributed by atoms with Gasteiger partial charge in [-0.25, -0.2) is 0 Å². The molecular formula is C15H18O4S. The second kappa shape index (κ2) is 5.20. The van der Waals surface area contributed by atoms with Crippen molar-refractivity contribution >= 4 is 17.7 Å². The van der Waals surface area contributed by atoms with Crippen LogP contribution in [0.2, 0.25) is 0 Å². The van der Waals surface area contributed by atoms with Crippen LogP contribution in [0.5, 0.6) is 11.5 Å².